The molecule has 72 valence electrons. The molecule has 0 aliphatic carbocycles. The second kappa shape index (κ2) is 3.69. The van der Waals surface area contributed by atoms with E-state index in [4.69, 9.17) is 11.6 Å². The maximum Gasteiger partial charge on any atom is 0.382 e. The Labute approximate surface area is 77.3 Å². The van der Waals surface area contributed by atoms with E-state index in [-0.39, 0.29) is 17.9 Å². The fraction of sp³-hybridized carbons (Fsp3) is 0.500. The van der Waals surface area contributed by atoms with E-state index < -0.39 is 23.4 Å². The molecule has 0 radical (unpaired) electrons. The number of hydrogen-bond acceptors (Lipinski definition) is 4. The summed E-state index contributed by atoms with van der Waals surface area (Å²) in [4.78, 5) is 36.2. The fourth-order valence-corrected chi connectivity index (χ4v) is 0.828. The summed E-state index contributed by atoms with van der Waals surface area (Å²) >= 11 is 4.71. The number of halogens is 2. The van der Waals surface area contributed by atoms with Crippen molar-refractivity contribution in [1.82, 2.24) is 5.06 Å². The molecule has 1 unspecified atom stereocenters. The van der Waals surface area contributed by atoms with Crippen molar-refractivity contribution in [2.24, 2.45) is 0 Å². The van der Waals surface area contributed by atoms with Crippen molar-refractivity contribution < 1.29 is 23.6 Å². The molecule has 0 saturated carbocycles. The molecule has 0 aromatic carbocycles. The van der Waals surface area contributed by atoms with Crippen LogP contribution < -0.4 is 0 Å². The molecule has 0 N–H and O–H groups in total. The third kappa shape index (κ3) is 2.15. The molecule has 5 nitrogen and oxygen atoms in total. The Balaban J connectivity index is 2.58. The van der Waals surface area contributed by atoms with E-state index in [2.05, 4.69) is 4.84 Å². The SMILES string of the molecule is O=C(ON1C(=O)CCC1=O)C(F)Cl. The zero-order valence-electron chi connectivity index (χ0n) is 6.33. The molecular formula is C6H5ClFNO4. The number of hydroxylamine groups is 2. The molecule has 2 amide bonds. The molecule has 7 heteroatoms. The minimum Gasteiger partial charge on any atom is -0.326 e. The zero-order chi connectivity index (χ0) is 10.0. The van der Waals surface area contributed by atoms with Crippen molar-refractivity contribution in [2.75, 3.05) is 0 Å². The van der Waals surface area contributed by atoms with Gasteiger partial charge in [-0.2, -0.15) is 0 Å². The number of imide groups is 1. The quantitative estimate of drug-likeness (QED) is 0.479. The molecule has 1 heterocycles. The van der Waals surface area contributed by atoms with Crippen molar-refractivity contribution in [3.05, 3.63) is 0 Å². The van der Waals surface area contributed by atoms with Gasteiger partial charge in [-0.3, -0.25) is 9.59 Å². The van der Waals surface area contributed by atoms with Crippen LogP contribution in [0.5, 0.6) is 0 Å². The lowest BCUT2D eigenvalue weighted by Gasteiger charge is -2.11. The Morgan fingerprint density at radius 1 is 1.46 bits per heavy atom. The molecule has 1 aliphatic heterocycles. The van der Waals surface area contributed by atoms with Crippen LogP contribution in [-0.4, -0.2) is 28.5 Å². The lowest BCUT2D eigenvalue weighted by atomic mass is 10.4. The van der Waals surface area contributed by atoms with Gasteiger partial charge in [-0.05, 0) is 0 Å². The predicted molar refractivity (Wildman–Crippen MR) is 37.9 cm³/mol. The van der Waals surface area contributed by atoms with Crippen LogP contribution >= 0.6 is 11.6 Å². The van der Waals surface area contributed by atoms with Crippen LogP contribution in [0.4, 0.5) is 4.39 Å². The number of nitrogens with zero attached hydrogens (tertiary/aromatic N) is 1. The number of hydrogen-bond donors (Lipinski definition) is 0. The van der Waals surface area contributed by atoms with Crippen LogP contribution in [0.25, 0.3) is 0 Å². The Hall–Kier alpha value is -1.17. The Morgan fingerprint density at radius 2 is 1.92 bits per heavy atom. The van der Waals surface area contributed by atoms with E-state index in [1.165, 1.54) is 0 Å². The Kier molecular flexibility index (Phi) is 2.82. The normalized spacial score (nSPS) is 19.1. The van der Waals surface area contributed by atoms with Gasteiger partial charge in [0.05, 0.1) is 0 Å². The summed E-state index contributed by atoms with van der Waals surface area (Å²) in [6.07, 6.45) is -0.0727. The second-order valence-corrected chi connectivity index (χ2v) is 2.68. The first-order valence-corrected chi connectivity index (χ1v) is 3.81. The molecule has 0 aromatic rings. The maximum absolute atomic E-state index is 12.0. The fourth-order valence-electron chi connectivity index (χ4n) is 0.788. The highest BCUT2D eigenvalue weighted by atomic mass is 35.5. The van der Waals surface area contributed by atoms with Gasteiger partial charge in [0.1, 0.15) is 0 Å². The van der Waals surface area contributed by atoms with Crippen molar-refractivity contribution >= 4 is 29.4 Å². The molecule has 0 spiro atoms. The number of alkyl halides is 2. The summed E-state index contributed by atoms with van der Waals surface area (Å²) in [6, 6.07) is 0. The van der Waals surface area contributed by atoms with Crippen LogP contribution in [0.15, 0.2) is 0 Å². The molecule has 0 aromatic heterocycles. The van der Waals surface area contributed by atoms with Gasteiger partial charge in [0.25, 0.3) is 17.4 Å². The minimum atomic E-state index is -2.37. The van der Waals surface area contributed by atoms with Gasteiger partial charge in [-0.1, -0.05) is 11.6 Å². The summed E-state index contributed by atoms with van der Waals surface area (Å²) in [5.74, 6) is -2.81. The molecule has 1 aliphatic rings. The average molecular weight is 210 g/mol. The van der Waals surface area contributed by atoms with E-state index >= 15 is 0 Å². The van der Waals surface area contributed by atoms with E-state index in [9.17, 15) is 18.8 Å². The third-order valence-electron chi connectivity index (χ3n) is 1.37. The first kappa shape index (κ1) is 9.91. The van der Waals surface area contributed by atoms with E-state index in [1.807, 2.05) is 0 Å². The summed E-state index contributed by atoms with van der Waals surface area (Å²) in [5, 5.41) is 0.233. The summed E-state index contributed by atoms with van der Waals surface area (Å²) in [5.41, 5.74) is -2.37. The summed E-state index contributed by atoms with van der Waals surface area (Å²) < 4.78 is 12.0. The lowest BCUT2D eigenvalue weighted by molar-refractivity contribution is -0.199. The third-order valence-corrected chi connectivity index (χ3v) is 1.54. The maximum atomic E-state index is 12.0. The zero-order valence-corrected chi connectivity index (χ0v) is 7.08. The highest BCUT2D eigenvalue weighted by molar-refractivity contribution is 6.28. The van der Waals surface area contributed by atoms with Crippen molar-refractivity contribution in [1.29, 1.82) is 0 Å². The van der Waals surface area contributed by atoms with Gasteiger partial charge in [-0.25, -0.2) is 9.18 Å². The van der Waals surface area contributed by atoms with Crippen LogP contribution in [-0.2, 0) is 19.2 Å². The topological polar surface area (TPSA) is 63.7 Å². The minimum absolute atomic E-state index is 0.0364. The predicted octanol–water partition coefficient (Wildman–Crippen LogP) is 0.128. The smallest absolute Gasteiger partial charge is 0.326 e. The van der Waals surface area contributed by atoms with Crippen molar-refractivity contribution in [3.8, 4) is 0 Å². The monoisotopic (exact) mass is 209 g/mol. The molecule has 1 rings (SSSR count). The molecule has 1 saturated heterocycles. The number of rotatable bonds is 2. The largest absolute Gasteiger partial charge is 0.382 e. The number of carbonyl (C=O) groups excluding carboxylic acids is 3. The lowest BCUT2D eigenvalue weighted by Crippen LogP contribution is -2.34. The standard InChI is InChI=1S/C6H5ClFNO4/c7-5(8)6(12)13-9-3(10)1-2-4(9)11/h5H,1-2H2. The molecule has 1 atom stereocenters. The Morgan fingerprint density at radius 3 is 2.31 bits per heavy atom. The van der Waals surface area contributed by atoms with Crippen LogP contribution in [0.3, 0.4) is 0 Å². The van der Waals surface area contributed by atoms with E-state index in [0.717, 1.165) is 0 Å². The highest BCUT2D eigenvalue weighted by Crippen LogP contribution is 2.13. The molecule has 0 bridgehead atoms. The van der Waals surface area contributed by atoms with Crippen molar-refractivity contribution in [2.45, 2.75) is 18.5 Å². The van der Waals surface area contributed by atoms with Gasteiger partial charge in [0, 0.05) is 12.8 Å². The van der Waals surface area contributed by atoms with E-state index in [1.54, 1.807) is 0 Å². The van der Waals surface area contributed by atoms with Crippen LogP contribution in [0.1, 0.15) is 12.8 Å². The van der Waals surface area contributed by atoms with Gasteiger partial charge < -0.3 is 4.84 Å². The van der Waals surface area contributed by atoms with Gasteiger partial charge >= 0.3 is 5.97 Å². The van der Waals surface area contributed by atoms with Crippen molar-refractivity contribution in [3.63, 3.8) is 0 Å². The first-order valence-electron chi connectivity index (χ1n) is 3.38. The molecular weight excluding hydrogens is 205 g/mol. The molecule has 13 heavy (non-hydrogen) atoms. The first-order chi connectivity index (χ1) is 6.02. The highest BCUT2D eigenvalue weighted by Gasteiger charge is 2.34. The van der Waals surface area contributed by atoms with Gasteiger partial charge in [0.15, 0.2) is 0 Å². The summed E-state index contributed by atoms with van der Waals surface area (Å²) in [6.45, 7) is 0. The van der Waals surface area contributed by atoms with Crippen LogP contribution in [0, 0.1) is 0 Å². The van der Waals surface area contributed by atoms with Gasteiger partial charge in [-0.15, -0.1) is 5.06 Å². The molecule has 1 fully saturated rings. The van der Waals surface area contributed by atoms with E-state index in [0.29, 0.717) is 0 Å². The summed E-state index contributed by atoms with van der Waals surface area (Å²) in [7, 11) is 0. The average Bonchev–Trinajstić information content (AvgIpc) is 2.35. The number of amides is 2. The van der Waals surface area contributed by atoms with Gasteiger partial charge in [0.2, 0.25) is 0 Å². The number of carbonyl (C=O) groups is 3. The second-order valence-electron chi connectivity index (χ2n) is 2.29. The van der Waals surface area contributed by atoms with Crippen LogP contribution in [0.2, 0.25) is 0 Å². The Bertz CT molecular complexity index is 251.